The summed E-state index contributed by atoms with van der Waals surface area (Å²) in [4.78, 5) is 2.22. The molecule has 0 aliphatic carbocycles. The number of rotatable bonds is 4. The van der Waals surface area contributed by atoms with Gasteiger partial charge in [-0.1, -0.05) is 22.0 Å². The molecule has 1 unspecified atom stereocenters. The first-order valence-corrected chi connectivity index (χ1v) is 7.81. The van der Waals surface area contributed by atoms with Crippen LogP contribution < -0.4 is 4.74 Å². The molecule has 0 aliphatic rings. The standard InChI is InChI=1S/C15H17BrO2S/c1-4-18-11-5-6-12(13(16)8-11)15(17)14-7-9(2)10(3)19-14/h5-8,15,17H,4H2,1-3H3. The van der Waals surface area contributed by atoms with Crippen LogP contribution in [-0.2, 0) is 0 Å². The lowest BCUT2D eigenvalue weighted by Gasteiger charge is -2.12. The predicted molar refractivity (Wildman–Crippen MR) is 83.2 cm³/mol. The highest BCUT2D eigenvalue weighted by Gasteiger charge is 2.17. The quantitative estimate of drug-likeness (QED) is 0.880. The smallest absolute Gasteiger partial charge is 0.120 e. The van der Waals surface area contributed by atoms with Crippen molar-refractivity contribution in [3.63, 3.8) is 0 Å². The topological polar surface area (TPSA) is 29.5 Å². The molecule has 4 heteroatoms. The molecule has 1 heterocycles. The van der Waals surface area contributed by atoms with Gasteiger partial charge in [-0.3, -0.25) is 0 Å². The largest absolute Gasteiger partial charge is 0.494 e. The van der Waals surface area contributed by atoms with Gasteiger partial charge in [0.05, 0.1) is 6.61 Å². The lowest BCUT2D eigenvalue weighted by molar-refractivity contribution is 0.223. The summed E-state index contributed by atoms with van der Waals surface area (Å²) in [7, 11) is 0. The Bertz CT molecular complexity index is 558. The Morgan fingerprint density at radius 3 is 2.58 bits per heavy atom. The van der Waals surface area contributed by atoms with E-state index in [4.69, 9.17) is 4.74 Å². The van der Waals surface area contributed by atoms with Crippen LogP contribution in [0.15, 0.2) is 28.7 Å². The molecule has 1 aromatic carbocycles. The molecule has 0 saturated carbocycles. The summed E-state index contributed by atoms with van der Waals surface area (Å²) in [5.74, 6) is 0.809. The number of aryl methyl sites for hydroxylation is 2. The van der Waals surface area contributed by atoms with Gasteiger partial charge in [0.2, 0.25) is 0 Å². The van der Waals surface area contributed by atoms with Crippen LogP contribution in [0.5, 0.6) is 5.75 Å². The third-order valence-electron chi connectivity index (χ3n) is 3.03. The lowest BCUT2D eigenvalue weighted by atomic mass is 10.1. The Hall–Kier alpha value is -0.840. The van der Waals surface area contributed by atoms with Crippen molar-refractivity contribution in [1.29, 1.82) is 0 Å². The van der Waals surface area contributed by atoms with Gasteiger partial charge in [0.15, 0.2) is 0 Å². The Labute approximate surface area is 126 Å². The fourth-order valence-corrected chi connectivity index (χ4v) is 3.50. The van der Waals surface area contributed by atoms with Crippen LogP contribution in [0.4, 0.5) is 0 Å². The number of hydrogen-bond acceptors (Lipinski definition) is 3. The van der Waals surface area contributed by atoms with E-state index >= 15 is 0 Å². The normalized spacial score (nSPS) is 12.5. The van der Waals surface area contributed by atoms with Crippen LogP contribution >= 0.6 is 27.3 Å². The number of thiophene rings is 1. The summed E-state index contributed by atoms with van der Waals surface area (Å²) in [6, 6.07) is 7.74. The molecule has 0 bridgehead atoms. The maximum Gasteiger partial charge on any atom is 0.120 e. The Morgan fingerprint density at radius 2 is 2.05 bits per heavy atom. The van der Waals surface area contributed by atoms with E-state index in [2.05, 4.69) is 29.8 Å². The zero-order valence-corrected chi connectivity index (χ0v) is 13.6. The number of halogens is 1. The zero-order valence-electron chi connectivity index (χ0n) is 11.2. The van der Waals surface area contributed by atoms with Crippen LogP contribution in [0, 0.1) is 13.8 Å². The van der Waals surface area contributed by atoms with Gasteiger partial charge < -0.3 is 9.84 Å². The predicted octanol–water partition coefficient (Wildman–Crippen LogP) is 4.61. The van der Waals surface area contributed by atoms with Crippen LogP contribution in [-0.4, -0.2) is 11.7 Å². The zero-order chi connectivity index (χ0) is 14.0. The van der Waals surface area contributed by atoms with Crippen molar-refractivity contribution in [2.24, 2.45) is 0 Å². The highest BCUT2D eigenvalue weighted by Crippen LogP contribution is 2.35. The summed E-state index contributed by atoms with van der Waals surface area (Å²) in [6.45, 7) is 6.73. The van der Waals surface area contributed by atoms with Gasteiger partial charge in [0.1, 0.15) is 11.9 Å². The molecule has 1 aromatic heterocycles. The molecule has 0 amide bonds. The minimum Gasteiger partial charge on any atom is -0.494 e. The summed E-state index contributed by atoms with van der Waals surface area (Å²) in [6.07, 6.45) is -0.595. The Morgan fingerprint density at radius 1 is 1.32 bits per heavy atom. The molecule has 2 aromatic rings. The third-order valence-corrected chi connectivity index (χ3v) is 4.92. The molecule has 102 valence electrons. The first kappa shape index (κ1) is 14.6. The first-order valence-electron chi connectivity index (χ1n) is 6.20. The fraction of sp³-hybridized carbons (Fsp3) is 0.333. The summed E-state index contributed by atoms with van der Waals surface area (Å²) in [5.41, 5.74) is 2.09. The number of aliphatic hydroxyl groups excluding tert-OH is 1. The monoisotopic (exact) mass is 340 g/mol. The molecule has 1 atom stereocenters. The number of benzene rings is 1. The second kappa shape index (κ2) is 6.07. The number of hydrogen-bond donors (Lipinski definition) is 1. The van der Waals surface area contributed by atoms with E-state index in [1.54, 1.807) is 11.3 Å². The maximum atomic E-state index is 10.5. The molecular formula is C15H17BrO2S. The summed E-state index contributed by atoms with van der Waals surface area (Å²) >= 11 is 5.14. The van der Waals surface area contributed by atoms with Crippen molar-refractivity contribution in [1.82, 2.24) is 0 Å². The van der Waals surface area contributed by atoms with Crippen LogP contribution in [0.2, 0.25) is 0 Å². The Balaban J connectivity index is 2.30. The van der Waals surface area contributed by atoms with Crippen molar-refractivity contribution in [2.45, 2.75) is 26.9 Å². The molecule has 0 radical (unpaired) electrons. The number of ether oxygens (including phenoxy) is 1. The molecule has 2 rings (SSSR count). The van der Waals surface area contributed by atoms with Gasteiger partial charge in [0, 0.05) is 19.8 Å². The van der Waals surface area contributed by atoms with E-state index in [0.717, 1.165) is 20.7 Å². The molecular weight excluding hydrogens is 324 g/mol. The van der Waals surface area contributed by atoms with Crippen molar-refractivity contribution in [2.75, 3.05) is 6.61 Å². The van der Waals surface area contributed by atoms with E-state index < -0.39 is 6.10 Å². The van der Waals surface area contributed by atoms with Crippen molar-refractivity contribution in [3.05, 3.63) is 49.6 Å². The molecule has 0 aliphatic heterocycles. The van der Waals surface area contributed by atoms with Crippen LogP contribution in [0.1, 0.15) is 33.9 Å². The maximum absolute atomic E-state index is 10.5. The van der Waals surface area contributed by atoms with Crippen molar-refractivity contribution >= 4 is 27.3 Å². The Kier molecular flexibility index (Phi) is 4.66. The molecule has 0 fully saturated rings. The van der Waals surface area contributed by atoms with E-state index in [0.29, 0.717) is 6.61 Å². The molecule has 0 saturated heterocycles. The molecule has 2 nitrogen and oxygen atoms in total. The van der Waals surface area contributed by atoms with Gasteiger partial charge in [-0.15, -0.1) is 11.3 Å². The van der Waals surface area contributed by atoms with Crippen molar-refractivity contribution in [3.8, 4) is 5.75 Å². The highest BCUT2D eigenvalue weighted by atomic mass is 79.9. The first-order chi connectivity index (χ1) is 9.02. The van der Waals surface area contributed by atoms with Crippen LogP contribution in [0.25, 0.3) is 0 Å². The fourth-order valence-electron chi connectivity index (χ4n) is 1.88. The summed E-state index contributed by atoms with van der Waals surface area (Å²) < 4.78 is 6.31. The summed E-state index contributed by atoms with van der Waals surface area (Å²) in [5, 5.41) is 10.5. The average molecular weight is 341 g/mol. The van der Waals surface area contributed by atoms with Gasteiger partial charge in [-0.05, 0) is 44.5 Å². The number of aliphatic hydroxyl groups is 1. The van der Waals surface area contributed by atoms with E-state index in [1.165, 1.54) is 10.4 Å². The molecule has 0 spiro atoms. The van der Waals surface area contributed by atoms with E-state index in [9.17, 15) is 5.11 Å². The second-order valence-electron chi connectivity index (χ2n) is 4.41. The van der Waals surface area contributed by atoms with E-state index in [1.807, 2.05) is 31.2 Å². The van der Waals surface area contributed by atoms with Gasteiger partial charge >= 0.3 is 0 Å². The minimum atomic E-state index is -0.595. The second-order valence-corrected chi connectivity index (χ2v) is 6.55. The van der Waals surface area contributed by atoms with Crippen molar-refractivity contribution < 1.29 is 9.84 Å². The van der Waals surface area contributed by atoms with Gasteiger partial charge in [-0.2, -0.15) is 0 Å². The SMILES string of the molecule is CCOc1ccc(C(O)c2cc(C)c(C)s2)c(Br)c1. The van der Waals surface area contributed by atoms with Crippen LogP contribution in [0.3, 0.4) is 0 Å². The molecule has 19 heavy (non-hydrogen) atoms. The highest BCUT2D eigenvalue weighted by molar-refractivity contribution is 9.10. The lowest BCUT2D eigenvalue weighted by Crippen LogP contribution is -1.99. The van der Waals surface area contributed by atoms with Gasteiger partial charge in [-0.25, -0.2) is 0 Å². The molecule has 1 N–H and O–H groups in total. The minimum absolute atomic E-state index is 0.595. The van der Waals surface area contributed by atoms with E-state index in [-0.39, 0.29) is 0 Å². The average Bonchev–Trinajstić information content (AvgIpc) is 2.69. The third kappa shape index (κ3) is 3.19. The van der Waals surface area contributed by atoms with Gasteiger partial charge in [0.25, 0.3) is 0 Å².